The van der Waals surface area contributed by atoms with Crippen LogP contribution in [0.2, 0.25) is 0 Å². The molecule has 0 radical (unpaired) electrons. The number of aromatic amines is 1. The van der Waals surface area contributed by atoms with E-state index in [1.54, 1.807) is 24.5 Å². The first-order chi connectivity index (χ1) is 6.27. The molecule has 2 rings (SSSR count). The van der Waals surface area contributed by atoms with E-state index in [1.807, 2.05) is 6.07 Å². The minimum Gasteiger partial charge on any atom is -0.506 e. The number of phenolic OH excluding ortho intramolecular Hbond substituents is 1. The van der Waals surface area contributed by atoms with E-state index >= 15 is 0 Å². The zero-order chi connectivity index (χ0) is 9.26. The number of H-pyrrole nitrogens is 1. The second kappa shape index (κ2) is 2.82. The number of aromatic nitrogens is 2. The third-order valence-corrected chi connectivity index (χ3v) is 1.86. The zero-order valence-electron chi connectivity index (χ0n) is 6.86. The molecular formula is C9H9N3O. The second-order valence-corrected chi connectivity index (χ2v) is 2.76. The lowest BCUT2D eigenvalue weighted by molar-refractivity contribution is 0.478. The van der Waals surface area contributed by atoms with Crippen molar-refractivity contribution < 1.29 is 5.11 Å². The summed E-state index contributed by atoms with van der Waals surface area (Å²) in [6.07, 6.45) is 3.44. The lowest BCUT2D eigenvalue weighted by Gasteiger charge is -2.00. The van der Waals surface area contributed by atoms with Crippen molar-refractivity contribution in [2.75, 3.05) is 5.73 Å². The molecule has 0 bridgehead atoms. The molecule has 1 aromatic heterocycles. The van der Waals surface area contributed by atoms with Crippen LogP contribution in [-0.2, 0) is 0 Å². The van der Waals surface area contributed by atoms with Gasteiger partial charge in [0, 0.05) is 11.8 Å². The van der Waals surface area contributed by atoms with Crippen LogP contribution in [-0.4, -0.2) is 15.3 Å². The molecule has 1 heterocycles. The molecule has 2 aromatic rings. The predicted molar refractivity (Wildman–Crippen MR) is 50.1 cm³/mol. The molecule has 0 fully saturated rings. The molecule has 13 heavy (non-hydrogen) atoms. The Hall–Kier alpha value is -1.97. The number of rotatable bonds is 1. The highest BCUT2D eigenvalue weighted by Crippen LogP contribution is 2.26. The van der Waals surface area contributed by atoms with E-state index in [-0.39, 0.29) is 5.75 Å². The van der Waals surface area contributed by atoms with Crippen molar-refractivity contribution in [3.63, 3.8) is 0 Å². The molecule has 0 aliphatic carbocycles. The van der Waals surface area contributed by atoms with Crippen LogP contribution in [0.5, 0.6) is 5.75 Å². The second-order valence-electron chi connectivity index (χ2n) is 2.76. The summed E-state index contributed by atoms with van der Waals surface area (Å²) >= 11 is 0. The summed E-state index contributed by atoms with van der Waals surface area (Å²) in [7, 11) is 0. The van der Waals surface area contributed by atoms with E-state index in [1.165, 1.54) is 0 Å². The van der Waals surface area contributed by atoms with Crippen molar-refractivity contribution >= 4 is 5.69 Å². The number of hydrogen-bond acceptors (Lipinski definition) is 3. The molecule has 0 unspecified atom stereocenters. The fraction of sp³-hybridized carbons (Fsp3) is 0. The van der Waals surface area contributed by atoms with Crippen molar-refractivity contribution in [1.82, 2.24) is 10.2 Å². The van der Waals surface area contributed by atoms with Gasteiger partial charge in [0.15, 0.2) is 0 Å². The molecule has 0 saturated heterocycles. The summed E-state index contributed by atoms with van der Waals surface area (Å²) in [5, 5.41) is 15.9. The molecule has 0 spiro atoms. The first-order valence-corrected chi connectivity index (χ1v) is 3.85. The Morgan fingerprint density at radius 2 is 2.15 bits per heavy atom. The van der Waals surface area contributed by atoms with Gasteiger partial charge in [0.05, 0.1) is 11.9 Å². The van der Waals surface area contributed by atoms with E-state index in [0.717, 1.165) is 11.1 Å². The minimum atomic E-state index is 0.0960. The number of nitrogen functional groups attached to an aromatic ring is 1. The number of nitrogens with zero attached hydrogens (tertiary/aromatic N) is 1. The molecule has 0 aliphatic rings. The maximum absolute atomic E-state index is 9.34. The van der Waals surface area contributed by atoms with Gasteiger partial charge in [-0.05, 0) is 17.7 Å². The number of anilines is 1. The number of benzene rings is 1. The van der Waals surface area contributed by atoms with Gasteiger partial charge in [-0.25, -0.2) is 0 Å². The van der Waals surface area contributed by atoms with Crippen molar-refractivity contribution in [2.45, 2.75) is 0 Å². The number of phenols is 1. The lowest BCUT2D eigenvalue weighted by atomic mass is 10.1. The first kappa shape index (κ1) is 7.67. The van der Waals surface area contributed by atoms with Crippen molar-refractivity contribution in [3.05, 3.63) is 30.6 Å². The third kappa shape index (κ3) is 1.33. The Morgan fingerprint density at radius 3 is 2.77 bits per heavy atom. The quantitative estimate of drug-likeness (QED) is 0.452. The topological polar surface area (TPSA) is 74.9 Å². The van der Waals surface area contributed by atoms with E-state index < -0.39 is 0 Å². The average Bonchev–Trinajstić information content (AvgIpc) is 2.62. The molecule has 4 heteroatoms. The Kier molecular flexibility index (Phi) is 1.66. The molecule has 0 atom stereocenters. The third-order valence-electron chi connectivity index (χ3n) is 1.86. The average molecular weight is 175 g/mol. The van der Waals surface area contributed by atoms with Gasteiger partial charge in [-0.3, -0.25) is 5.10 Å². The summed E-state index contributed by atoms with van der Waals surface area (Å²) in [6.45, 7) is 0. The van der Waals surface area contributed by atoms with Gasteiger partial charge < -0.3 is 10.8 Å². The Balaban J connectivity index is 2.49. The molecule has 4 N–H and O–H groups in total. The molecule has 66 valence electrons. The fourth-order valence-corrected chi connectivity index (χ4v) is 1.13. The van der Waals surface area contributed by atoms with Crippen LogP contribution in [0.1, 0.15) is 0 Å². The molecule has 0 aliphatic heterocycles. The van der Waals surface area contributed by atoms with Crippen LogP contribution in [0.15, 0.2) is 30.6 Å². The number of hydrogen-bond donors (Lipinski definition) is 3. The number of nitrogens with two attached hydrogens (primary N) is 1. The van der Waals surface area contributed by atoms with E-state index in [4.69, 9.17) is 5.73 Å². The molecule has 0 amide bonds. The summed E-state index contributed by atoms with van der Waals surface area (Å²) in [4.78, 5) is 0. The van der Waals surface area contributed by atoms with Crippen molar-refractivity contribution in [1.29, 1.82) is 0 Å². The summed E-state index contributed by atoms with van der Waals surface area (Å²) in [5.74, 6) is 0.0960. The number of nitrogens with one attached hydrogen (secondary N) is 1. The van der Waals surface area contributed by atoms with Gasteiger partial charge in [0.2, 0.25) is 0 Å². The standard InChI is InChI=1S/C9H9N3O/c10-8-2-1-6(3-9(8)13)7-4-11-12-5-7/h1-5,13H,10H2,(H,11,12). The van der Waals surface area contributed by atoms with Crippen LogP contribution in [0.4, 0.5) is 5.69 Å². The van der Waals surface area contributed by atoms with Gasteiger partial charge in [-0.2, -0.15) is 5.10 Å². The minimum absolute atomic E-state index is 0.0960. The van der Waals surface area contributed by atoms with Gasteiger partial charge >= 0.3 is 0 Å². The van der Waals surface area contributed by atoms with Crippen molar-refractivity contribution in [2.24, 2.45) is 0 Å². The zero-order valence-corrected chi connectivity index (χ0v) is 6.86. The highest BCUT2D eigenvalue weighted by atomic mass is 16.3. The van der Waals surface area contributed by atoms with E-state index in [0.29, 0.717) is 5.69 Å². The Bertz CT molecular complexity index is 409. The van der Waals surface area contributed by atoms with Crippen LogP contribution >= 0.6 is 0 Å². The van der Waals surface area contributed by atoms with Gasteiger partial charge in [0.1, 0.15) is 5.75 Å². The first-order valence-electron chi connectivity index (χ1n) is 3.85. The normalized spacial score (nSPS) is 10.2. The maximum atomic E-state index is 9.34. The van der Waals surface area contributed by atoms with E-state index in [2.05, 4.69) is 10.2 Å². The summed E-state index contributed by atoms with van der Waals surface area (Å²) < 4.78 is 0. The summed E-state index contributed by atoms with van der Waals surface area (Å²) in [5.41, 5.74) is 7.67. The lowest BCUT2D eigenvalue weighted by Crippen LogP contribution is -1.85. The van der Waals surface area contributed by atoms with Gasteiger partial charge in [0.25, 0.3) is 0 Å². The van der Waals surface area contributed by atoms with E-state index in [9.17, 15) is 5.11 Å². The van der Waals surface area contributed by atoms with Crippen LogP contribution in [0, 0.1) is 0 Å². The van der Waals surface area contributed by atoms with Gasteiger partial charge in [-0.15, -0.1) is 0 Å². The fourth-order valence-electron chi connectivity index (χ4n) is 1.13. The Morgan fingerprint density at radius 1 is 1.31 bits per heavy atom. The van der Waals surface area contributed by atoms with Gasteiger partial charge in [-0.1, -0.05) is 6.07 Å². The molecule has 1 aromatic carbocycles. The largest absolute Gasteiger partial charge is 0.506 e. The maximum Gasteiger partial charge on any atom is 0.139 e. The molecular weight excluding hydrogens is 166 g/mol. The summed E-state index contributed by atoms with van der Waals surface area (Å²) in [6, 6.07) is 5.11. The molecule has 0 saturated carbocycles. The Labute approximate surface area is 75.0 Å². The predicted octanol–water partition coefficient (Wildman–Crippen LogP) is 1.36. The van der Waals surface area contributed by atoms with Crippen LogP contribution < -0.4 is 5.73 Å². The SMILES string of the molecule is Nc1ccc(-c2cn[nH]c2)cc1O. The highest BCUT2D eigenvalue weighted by molar-refractivity contribution is 5.68. The van der Waals surface area contributed by atoms with Crippen LogP contribution in [0.3, 0.4) is 0 Å². The van der Waals surface area contributed by atoms with Crippen molar-refractivity contribution in [3.8, 4) is 16.9 Å². The smallest absolute Gasteiger partial charge is 0.139 e. The molecule has 4 nitrogen and oxygen atoms in total. The monoisotopic (exact) mass is 175 g/mol. The highest BCUT2D eigenvalue weighted by Gasteiger charge is 2.01. The number of aromatic hydroxyl groups is 1. The van der Waals surface area contributed by atoms with Crippen LogP contribution in [0.25, 0.3) is 11.1 Å².